The highest BCUT2D eigenvalue weighted by atomic mass is 35.5. The largest absolute Gasteiger partial charge is 0.244 e. The number of hydrogen-bond donors (Lipinski definition) is 0. The second kappa shape index (κ2) is 3.99. The van der Waals surface area contributed by atoms with Crippen LogP contribution in [-0.2, 0) is 0 Å². The van der Waals surface area contributed by atoms with Gasteiger partial charge in [-0.1, -0.05) is 29.8 Å². The van der Waals surface area contributed by atoms with E-state index in [0.29, 0.717) is 5.15 Å². The first-order valence-corrected chi connectivity index (χ1v) is 5.09. The zero-order valence-electron chi connectivity index (χ0n) is 8.66. The summed E-state index contributed by atoms with van der Waals surface area (Å²) in [6, 6.07) is 6.21. The van der Waals surface area contributed by atoms with Crippen LogP contribution in [0.15, 0.2) is 30.7 Å². The Hall–Kier alpha value is -1.41. The molecule has 0 aliphatic carbocycles. The Kier molecular flexibility index (Phi) is 2.69. The summed E-state index contributed by atoms with van der Waals surface area (Å²) < 4.78 is 0. The van der Waals surface area contributed by atoms with Gasteiger partial charge < -0.3 is 0 Å². The summed E-state index contributed by atoms with van der Waals surface area (Å²) in [7, 11) is 0. The summed E-state index contributed by atoms with van der Waals surface area (Å²) in [6.07, 6.45) is 3.19. The lowest BCUT2D eigenvalue weighted by Crippen LogP contribution is -1.87. The van der Waals surface area contributed by atoms with Crippen LogP contribution in [0.25, 0.3) is 11.1 Å². The average Bonchev–Trinajstić information content (AvgIpc) is 2.23. The Morgan fingerprint density at radius 1 is 1.13 bits per heavy atom. The molecule has 2 aromatic rings. The summed E-state index contributed by atoms with van der Waals surface area (Å²) in [4.78, 5) is 7.94. The Labute approximate surface area is 94.0 Å². The van der Waals surface area contributed by atoms with E-state index in [1.807, 2.05) is 6.07 Å². The predicted octanol–water partition coefficient (Wildman–Crippen LogP) is 3.41. The van der Waals surface area contributed by atoms with Crippen LogP contribution in [0.1, 0.15) is 11.1 Å². The molecule has 0 amide bonds. The van der Waals surface area contributed by atoms with Crippen molar-refractivity contribution in [1.82, 2.24) is 9.97 Å². The molecule has 0 N–H and O–H groups in total. The summed E-state index contributed by atoms with van der Waals surface area (Å²) in [5.74, 6) is 0. The number of aromatic nitrogens is 2. The molecular formula is C12H11ClN2. The molecule has 2 rings (SSSR count). The van der Waals surface area contributed by atoms with E-state index in [1.165, 1.54) is 17.5 Å². The minimum Gasteiger partial charge on any atom is -0.244 e. The van der Waals surface area contributed by atoms with E-state index < -0.39 is 0 Å². The SMILES string of the molecule is Cc1ccc(-c2cncnc2Cl)cc1C. The highest BCUT2D eigenvalue weighted by Crippen LogP contribution is 2.26. The third-order valence-corrected chi connectivity index (χ3v) is 2.78. The van der Waals surface area contributed by atoms with Gasteiger partial charge in [0.2, 0.25) is 0 Å². The van der Waals surface area contributed by atoms with Gasteiger partial charge in [-0.25, -0.2) is 9.97 Å². The highest BCUT2D eigenvalue weighted by Gasteiger charge is 2.04. The van der Waals surface area contributed by atoms with Crippen LogP contribution in [0.2, 0.25) is 5.15 Å². The second-order valence-electron chi connectivity index (χ2n) is 3.53. The van der Waals surface area contributed by atoms with Crippen molar-refractivity contribution in [2.24, 2.45) is 0 Å². The number of nitrogens with zero attached hydrogens (tertiary/aromatic N) is 2. The van der Waals surface area contributed by atoms with Gasteiger partial charge in [-0.3, -0.25) is 0 Å². The molecule has 0 atom stereocenters. The predicted molar refractivity (Wildman–Crippen MR) is 62.0 cm³/mol. The molecule has 2 nitrogen and oxygen atoms in total. The Morgan fingerprint density at radius 2 is 1.93 bits per heavy atom. The van der Waals surface area contributed by atoms with E-state index in [9.17, 15) is 0 Å². The molecule has 0 aliphatic rings. The zero-order valence-corrected chi connectivity index (χ0v) is 9.42. The zero-order chi connectivity index (χ0) is 10.8. The van der Waals surface area contributed by atoms with Crippen molar-refractivity contribution in [2.75, 3.05) is 0 Å². The van der Waals surface area contributed by atoms with Crippen LogP contribution < -0.4 is 0 Å². The van der Waals surface area contributed by atoms with Crippen molar-refractivity contribution in [1.29, 1.82) is 0 Å². The standard InChI is InChI=1S/C12H11ClN2/c1-8-3-4-10(5-9(8)2)11-6-14-7-15-12(11)13/h3-7H,1-2H3. The van der Waals surface area contributed by atoms with Gasteiger partial charge in [0, 0.05) is 11.8 Å². The van der Waals surface area contributed by atoms with Crippen LogP contribution in [-0.4, -0.2) is 9.97 Å². The first-order chi connectivity index (χ1) is 7.18. The average molecular weight is 219 g/mol. The van der Waals surface area contributed by atoms with Crippen LogP contribution in [0.4, 0.5) is 0 Å². The van der Waals surface area contributed by atoms with Crippen LogP contribution in [0, 0.1) is 13.8 Å². The van der Waals surface area contributed by atoms with Gasteiger partial charge >= 0.3 is 0 Å². The van der Waals surface area contributed by atoms with Crippen molar-refractivity contribution >= 4 is 11.6 Å². The van der Waals surface area contributed by atoms with Crippen LogP contribution >= 0.6 is 11.6 Å². The third-order valence-electron chi connectivity index (χ3n) is 2.48. The Balaban J connectivity index is 2.55. The summed E-state index contributed by atoms with van der Waals surface area (Å²) >= 11 is 6.00. The van der Waals surface area contributed by atoms with E-state index in [-0.39, 0.29) is 0 Å². The molecule has 1 aromatic carbocycles. The number of hydrogen-bond acceptors (Lipinski definition) is 2. The maximum Gasteiger partial charge on any atom is 0.140 e. The number of halogens is 1. The molecular weight excluding hydrogens is 208 g/mol. The molecule has 1 aromatic heterocycles. The molecule has 15 heavy (non-hydrogen) atoms. The molecule has 0 fully saturated rings. The van der Waals surface area contributed by atoms with E-state index in [0.717, 1.165) is 11.1 Å². The summed E-state index contributed by atoms with van der Waals surface area (Å²) in [5.41, 5.74) is 4.45. The molecule has 0 saturated carbocycles. The summed E-state index contributed by atoms with van der Waals surface area (Å²) in [6.45, 7) is 4.17. The molecule has 0 saturated heterocycles. The van der Waals surface area contributed by atoms with Crippen molar-refractivity contribution in [3.8, 4) is 11.1 Å². The van der Waals surface area contributed by atoms with Gasteiger partial charge in [0.25, 0.3) is 0 Å². The minimum absolute atomic E-state index is 0.494. The van der Waals surface area contributed by atoms with Crippen molar-refractivity contribution in [3.63, 3.8) is 0 Å². The lowest BCUT2D eigenvalue weighted by molar-refractivity contribution is 1.17. The van der Waals surface area contributed by atoms with E-state index >= 15 is 0 Å². The second-order valence-corrected chi connectivity index (χ2v) is 3.88. The van der Waals surface area contributed by atoms with Gasteiger partial charge in [0.15, 0.2) is 0 Å². The van der Waals surface area contributed by atoms with E-state index in [1.54, 1.807) is 6.20 Å². The van der Waals surface area contributed by atoms with Crippen molar-refractivity contribution < 1.29 is 0 Å². The van der Waals surface area contributed by atoms with Gasteiger partial charge in [-0.05, 0) is 30.5 Å². The first-order valence-electron chi connectivity index (χ1n) is 4.71. The maximum absolute atomic E-state index is 6.00. The molecule has 0 bridgehead atoms. The smallest absolute Gasteiger partial charge is 0.140 e. The van der Waals surface area contributed by atoms with Gasteiger partial charge in [0.05, 0.1) is 0 Å². The highest BCUT2D eigenvalue weighted by molar-refractivity contribution is 6.32. The lowest BCUT2D eigenvalue weighted by Gasteiger charge is -2.05. The van der Waals surface area contributed by atoms with Crippen molar-refractivity contribution in [2.45, 2.75) is 13.8 Å². The van der Waals surface area contributed by atoms with Gasteiger partial charge in [-0.2, -0.15) is 0 Å². The molecule has 76 valence electrons. The van der Waals surface area contributed by atoms with Gasteiger partial charge in [-0.15, -0.1) is 0 Å². The van der Waals surface area contributed by atoms with E-state index in [4.69, 9.17) is 11.6 Å². The fourth-order valence-electron chi connectivity index (χ4n) is 1.42. The monoisotopic (exact) mass is 218 g/mol. The maximum atomic E-state index is 6.00. The number of aryl methyl sites for hydroxylation is 2. The first kappa shape index (κ1) is 10.1. The van der Waals surface area contributed by atoms with Gasteiger partial charge in [0.1, 0.15) is 11.5 Å². The molecule has 0 radical (unpaired) electrons. The van der Waals surface area contributed by atoms with Crippen molar-refractivity contribution in [3.05, 3.63) is 47.0 Å². The Bertz CT molecular complexity index is 495. The number of rotatable bonds is 1. The minimum atomic E-state index is 0.494. The molecule has 1 heterocycles. The lowest BCUT2D eigenvalue weighted by atomic mass is 10.0. The molecule has 3 heteroatoms. The molecule has 0 unspecified atom stereocenters. The summed E-state index contributed by atoms with van der Waals surface area (Å²) in [5, 5.41) is 0.494. The molecule has 0 spiro atoms. The normalized spacial score (nSPS) is 10.3. The Morgan fingerprint density at radius 3 is 2.60 bits per heavy atom. The fraction of sp³-hybridized carbons (Fsp3) is 0.167. The van der Waals surface area contributed by atoms with Crippen LogP contribution in [0.5, 0.6) is 0 Å². The fourth-order valence-corrected chi connectivity index (χ4v) is 1.62. The topological polar surface area (TPSA) is 25.8 Å². The third kappa shape index (κ3) is 2.00. The van der Waals surface area contributed by atoms with E-state index in [2.05, 4.69) is 35.9 Å². The molecule has 0 aliphatic heterocycles. The van der Waals surface area contributed by atoms with Crippen LogP contribution in [0.3, 0.4) is 0 Å². The quantitative estimate of drug-likeness (QED) is 0.686. The number of benzene rings is 1.